The molecule has 2 aromatic heterocycles. The lowest BCUT2D eigenvalue weighted by molar-refractivity contribution is -0.143. The quantitative estimate of drug-likeness (QED) is 0.652. The molecule has 0 aliphatic rings. The van der Waals surface area contributed by atoms with Crippen LogP contribution in [0.15, 0.2) is 59.8 Å². The summed E-state index contributed by atoms with van der Waals surface area (Å²) in [7, 11) is -4.18. The summed E-state index contributed by atoms with van der Waals surface area (Å²) in [4.78, 5) is 11.3. The summed E-state index contributed by atoms with van der Waals surface area (Å²) in [6, 6.07) is 12.2. The summed E-state index contributed by atoms with van der Waals surface area (Å²) < 4.78 is 46.4. The van der Waals surface area contributed by atoms with Gasteiger partial charge < -0.3 is 9.14 Å². The summed E-state index contributed by atoms with van der Waals surface area (Å²) in [5.41, 5.74) is 1.54. The first-order valence-corrected chi connectivity index (χ1v) is 9.29. The highest BCUT2D eigenvalue weighted by Gasteiger charge is 2.20. The van der Waals surface area contributed by atoms with Crippen molar-refractivity contribution in [1.82, 2.24) is 9.12 Å². The topological polar surface area (TPSA) is 101 Å². The SMILES string of the molecule is N#Cc1c(COC(=O)CNS(=O)(=O)c2ccccc2F)cn2ccccc12. The molecule has 3 rings (SSSR count). The molecule has 0 aliphatic carbocycles. The van der Waals surface area contributed by atoms with E-state index in [2.05, 4.69) is 6.07 Å². The molecule has 9 heteroatoms. The number of sulfonamides is 1. The zero-order valence-electron chi connectivity index (χ0n) is 13.9. The van der Waals surface area contributed by atoms with Crippen LogP contribution in [0, 0.1) is 17.1 Å². The number of carbonyl (C=O) groups is 1. The molecule has 27 heavy (non-hydrogen) atoms. The van der Waals surface area contributed by atoms with Crippen LogP contribution in [0.25, 0.3) is 5.52 Å². The van der Waals surface area contributed by atoms with Crippen molar-refractivity contribution in [2.75, 3.05) is 6.54 Å². The third kappa shape index (κ3) is 3.97. The van der Waals surface area contributed by atoms with Crippen LogP contribution < -0.4 is 4.72 Å². The van der Waals surface area contributed by atoms with Crippen molar-refractivity contribution in [2.45, 2.75) is 11.5 Å². The van der Waals surface area contributed by atoms with E-state index in [1.54, 1.807) is 35.0 Å². The van der Waals surface area contributed by atoms with Gasteiger partial charge in [0.25, 0.3) is 0 Å². The molecule has 138 valence electrons. The van der Waals surface area contributed by atoms with Gasteiger partial charge in [0.05, 0.1) is 11.1 Å². The molecule has 0 unspecified atom stereocenters. The number of halogens is 1. The first-order chi connectivity index (χ1) is 12.9. The largest absolute Gasteiger partial charge is 0.460 e. The Kier molecular flexibility index (Phi) is 5.21. The number of esters is 1. The third-order valence-corrected chi connectivity index (χ3v) is 5.23. The molecule has 3 aromatic rings. The van der Waals surface area contributed by atoms with E-state index in [1.807, 2.05) is 4.72 Å². The van der Waals surface area contributed by atoms with Crippen LogP contribution in [0.5, 0.6) is 0 Å². The molecule has 1 aromatic carbocycles. The fourth-order valence-corrected chi connectivity index (χ4v) is 3.57. The second kappa shape index (κ2) is 7.57. The maximum atomic E-state index is 13.6. The molecular weight excluding hydrogens is 373 g/mol. The Morgan fingerprint density at radius 1 is 1.22 bits per heavy atom. The Morgan fingerprint density at radius 2 is 1.96 bits per heavy atom. The minimum Gasteiger partial charge on any atom is -0.460 e. The molecule has 0 fully saturated rings. The van der Waals surface area contributed by atoms with Gasteiger partial charge in [-0.3, -0.25) is 4.79 Å². The van der Waals surface area contributed by atoms with Crippen LogP contribution in [0.1, 0.15) is 11.1 Å². The van der Waals surface area contributed by atoms with Crippen molar-refractivity contribution in [3.63, 3.8) is 0 Å². The van der Waals surface area contributed by atoms with E-state index in [1.165, 1.54) is 12.1 Å². The highest BCUT2D eigenvalue weighted by Crippen LogP contribution is 2.18. The van der Waals surface area contributed by atoms with E-state index in [-0.39, 0.29) is 6.61 Å². The van der Waals surface area contributed by atoms with E-state index in [9.17, 15) is 22.9 Å². The van der Waals surface area contributed by atoms with E-state index in [0.717, 1.165) is 12.1 Å². The summed E-state index contributed by atoms with van der Waals surface area (Å²) >= 11 is 0. The van der Waals surface area contributed by atoms with Gasteiger partial charge in [-0.05, 0) is 24.3 Å². The van der Waals surface area contributed by atoms with Crippen molar-refractivity contribution in [2.24, 2.45) is 0 Å². The van der Waals surface area contributed by atoms with Crippen molar-refractivity contribution < 1.29 is 22.3 Å². The number of ether oxygens (including phenoxy) is 1. The highest BCUT2D eigenvalue weighted by atomic mass is 32.2. The monoisotopic (exact) mass is 387 g/mol. The van der Waals surface area contributed by atoms with Crippen LogP contribution >= 0.6 is 0 Å². The Hall–Kier alpha value is -3.22. The lowest BCUT2D eigenvalue weighted by Gasteiger charge is -2.08. The molecule has 0 bridgehead atoms. The van der Waals surface area contributed by atoms with Crippen LogP contribution in [-0.2, 0) is 26.2 Å². The van der Waals surface area contributed by atoms with Gasteiger partial charge in [-0.15, -0.1) is 0 Å². The van der Waals surface area contributed by atoms with E-state index in [4.69, 9.17) is 4.74 Å². The number of nitrogens with one attached hydrogen (secondary N) is 1. The van der Waals surface area contributed by atoms with Gasteiger partial charge in [0.2, 0.25) is 10.0 Å². The van der Waals surface area contributed by atoms with Crippen LogP contribution in [0.4, 0.5) is 4.39 Å². The number of benzene rings is 1. The molecule has 0 amide bonds. The van der Waals surface area contributed by atoms with Crippen LogP contribution in [0.2, 0.25) is 0 Å². The first kappa shape index (κ1) is 18.6. The number of hydrogen-bond donors (Lipinski definition) is 1. The molecule has 0 radical (unpaired) electrons. The number of rotatable bonds is 6. The first-order valence-electron chi connectivity index (χ1n) is 7.81. The Morgan fingerprint density at radius 3 is 2.70 bits per heavy atom. The van der Waals surface area contributed by atoms with Crippen molar-refractivity contribution in [3.8, 4) is 6.07 Å². The van der Waals surface area contributed by atoms with Gasteiger partial charge in [-0.25, -0.2) is 12.8 Å². The molecule has 7 nitrogen and oxygen atoms in total. The minimum absolute atomic E-state index is 0.190. The highest BCUT2D eigenvalue weighted by molar-refractivity contribution is 7.89. The average molecular weight is 387 g/mol. The van der Waals surface area contributed by atoms with Crippen molar-refractivity contribution in [3.05, 3.63) is 71.8 Å². The molecule has 0 aliphatic heterocycles. The van der Waals surface area contributed by atoms with E-state index in [0.29, 0.717) is 16.6 Å². The smallest absolute Gasteiger partial charge is 0.321 e. The van der Waals surface area contributed by atoms with Crippen molar-refractivity contribution in [1.29, 1.82) is 5.26 Å². The van der Waals surface area contributed by atoms with Gasteiger partial charge in [-0.2, -0.15) is 9.98 Å². The number of carbonyl (C=O) groups excluding carboxylic acids is 1. The maximum Gasteiger partial charge on any atom is 0.321 e. The van der Waals surface area contributed by atoms with Crippen LogP contribution in [-0.4, -0.2) is 25.3 Å². The summed E-state index contributed by atoms with van der Waals surface area (Å²) in [5.74, 6) is -1.77. The van der Waals surface area contributed by atoms with E-state index >= 15 is 0 Å². The van der Waals surface area contributed by atoms with E-state index < -0.39 is 33.3 Å². The number of hydrogen-bond acceptors (Lipinski definition) is 5. The number of nitrogens with zero attached hydrogens (tertiary/aromatic N) is 2. The lowest BCUT2D eigenvalue weighted by atomic mass is 10.2. The summed E-state index contributed by atoms with van der Waals surface area (Å²) in [6.45, 7) is -0.850. The molecular formula is C18H14FN3O4S. The normalized spacial score (nSPS) is 11.3. The number of pyridine rings is 1. The molecule has 0 saturated heterocycles. The summed E-state index contributed by atoms with van der Waals surface area (Å²) in [5, 5.41) is 9.30. The van der Waals surface area contributed by atoms with Gasteiger partial charge in [0, 0.05) is 18.0 Å². The summed E-state index contributed by atoms with van der Waals surface area (Å²) in [6.07, 6.45) is 3.41. The lowest BCUT2D eigenvalue weighted by Crippen LogP contribution is -2.31. The Balaban J connectivity index is 1.64. The predicted molar refractivity (Wildman–Crippen MR) is 93.5 cm³/mol. The number of aromatic nitrogens is 1. The molecule has 0 saturated carbocycles. The van der Waals surface area contributed by atoms with Crippen LogP contribution in [0.3, 0.4) is 0 Å². The minimum atomic E-state index is -4.18. The zero-order valence-corrected chi connectivity index (χ0v) is 14.7. The second-order valence-electron chi connectivity index (χ2n) is 5.55. The number of nitriles is 1. The van der Waals surface area contributed by atoms with Gasteiger partial charge in [0.15, 0.2) is 0 Å². The average Bonchev–Trinajstić information content (AvgIpc) is 3.02. The Labute approximate surface area is 154 Å². The Bertz CT molecular complexity index is 1150. The zero-order chi connectivity index (χ0) is 19.4. The standard InChI is InChI=1S/C18H14FN3O4S/c19-15-5-1-2-7-17(15)27(24,25)21-10-18(23)26-12-13-11-22-8-4-3-6-16(22)14(13)9-20/h1-8,11,21H,10,12H2. The van der Waals surface area contributed by atoms with Gasteiger partial charge in [0.1, 0.15) is 29.9 Å². The van der Waals surface area contributed by atoms with Gasteiger partial charge >= 0.3 is 5.97 Å². The van der Waals surface area contributed by atoms with Crippen molar-refractivity contribution >= 4 is 21.5 Å². The fourth-order valence-electron chi connectivity index (χ4n) is 2.52. The predicted octanol–water partition coefficient (Wildman–Crippen LogP) is 1.97. The van der Waals surface area contributed by atoms with Gasteiger partial charge in [-0.1, -0.05) is 18.2 Å². The number of fused-ring (bicyclic) bond motifs is 1. The second-order valence-corrected chi connectivity index (χ2v) is 7.29. The molecule has 2 heterocycles. The molecule has 0 atom stereocenters. The molecule has 1 N–H and O–H groups in total. The maximum absolute atomic E-state index is 13.6. The molecule has 0 spiro atoms. The fraction of sp³-hybridized carbons (Fsp3) is 0.111. The third-order valence-electron chi connectivity index (χ3n) is 3.80.